The Morgan fingerprint density at radius 2 is 2.05 bits per heavy atom. The predicted octanol–water partition coefficient (Wildman–Crippen LogP) is 1.78. The van der Waals surface area contributed by atoms with Crippen LogP contribution in [-0.2, 0) is 13.0 Å². The number of nitrogens with two attached hydrogens (primary N) is 1. The second-order valence-electron chi connectivity index (χ2n) is 5.96. The summed E-state index contributed by atoms with van der Waals surface area (Å²) in [4.78, 5) is 17.1. The average Bonchev–Trinajstić information content (AvgIpc) is 2.46. The first-order valence-corrected chi connectivity index (χ1v) is 7.55. The molecule has 0 radical (unpaired) electrons. The number of nitrogen functional groups attached to an aromatic ring is 1. The summed E-state index contributed by atoms with van der Waals surface area (Å²) >= 11 is 0. The van der Waals surface area contributed by atoms with Gasteiger partial charge in [0.15, 0.2) is 5.82 Å². The highest BCUT2D eigenvalue weighted by molar-refractivity contribution is 5.56. The molecule has 0 amide bonds. The number of aryl methyl sites for hydroxylation is 2. The van der Waals surface area contributed by atoms with E-state index in [1.54, 1.807) is 0 Å². The zero-order valence-electron chi connectivity index (χ0n) is 13.4. The van der Waals surface area contributed by atoms with Crippen LogP contribution in [0.5, 0.6) is 0 Å². The molecule has 1 aromatic heterocycles. The molecule has 0 aliphatic carbocycles. The number of aromatic nitrogens is 3. The van der Waals surface area contributed by atoms with Crippen LogP contribution in [0.15, 0.2) is 18.2 Å². The molecular weight excluding hydrogens is 276 g/mol. The Hall–Kier alpha value is -2.37. The Labute approximate surface area is 131 Å². The fourth-order valence-corrected chi connectivity index (χ4v) is 2.83. The molecule has 0 unspecified atom stereocenters. The van der Waals surface area contributed by atoms with Crippen LogP contribution < -0.4 is 15.5 Å². The van der Waals surface area contributed by atoms with E-state index in [4.69, 9.17) is 5.73 Å². The third kappa shape index (κ3) is 2.95. The molecule has 3 rings (SSSR count). The molecule has 0 atom stereocenters. The van der Waals surface area contributed by atoms with Gasteiger partial charge in [0.25, 0.3) is 0 Å². The lowest BCUT2D eigenvalue weighted by molar-refractivity contribution is 0.671. The summed E-state index contributed by atoms with van der Waals surface area (Å²) in [5.74, 6) is 1.59. The van der Waals surface area contributed by atoms with Crippen molar-refractivity contribution in [3.05, 3.63) is 35.2 Å². The Bertz CT molecular complexity index is 682. The quantitative estimate of drug-likeness (QED) is 0.931. The third-order valence-corrected chi connectivity index (χ3v) is 3.87. The summed E-state index contributed by atoms with van der Waals surface area (Å²) in [6.45, 7) is 3.80. The molecule has 0 spiro atoms. The number of hydrogen-bond acceptors (Lipinski definition) is 6. The summed E-state index contributed by atoms with van der Waals surface area (Å²) in [6.07, 6.45) is 2.29. The largest absolute Gasteiger partial charge is 0.368 e. The van der Waals surface area contributed by atoms with E-state index in [2.05, 4.69) is 45.0 Å². The number of rotatable bonds is 3. The molecule has 2 N–H and O–H groups in total. The SMILES string of the molecule is Cc1ccc2c(c1)CCCN2Cc1nc(N)nc(N(C)C)n1. The molecule has 6 heteroatoms. The fourth-order valence-electron chi connectivity index (χ4n) is 2.83. The minimum Gasteiger partial charge on any atom is -0.368 e. The highest BCUT2D eigenvalue weighted by atomic mass is 15.3. The predicted molar refractivity (Wildman–Crippen MR) is 89.1 cm³/mol. The van der Waals surface area contributed by atoms with Gasteiger partial charge >= 0.3 is 0 Å². The molecule has 0 fully saturated rings. The second-order valence-corrected chi connectivity index (χ2v) is 5.96. The maximum atomic E-state index is 5.81. The maximum absolute atomic E-state index is 5.81. The molecule has 1 aromatic carbocycles. The van der Waals surface area contributed by atoms with Crippen LogP contribution in [0.25, 0.3) is 0 Å². The van der Waals surface area contributed by atoms with Crippen LogP contribution in [0.3, 0.4) is 0 Å². The molecule has 1 aliphatic rings. The molecule has 0 saturated carbocycles. The van der Waals surface area contributed by atoms with Crippen molar-refractivity contribution in [1.29, 1.82) is 0 Å². The lowest BCUT2D eigenvalue weighted by atomic mass is 9.99. The van der Waals surface area contributed by atoms with Crippen LogP contribution in [-0.4, -0.2) is 35.6 Å². The third-order valence-electron chi connectivity index (χ3n) is 3.87. The van der Waals surface area contributed by atoms with E-state index < -0.39 is 0 Å². The monoisotopic (exact) mass is 298 g/mol. The van der Waals surface area contributed by atoms with E-state index in [1.807, 2.05) is 19.0 Å². The first kappa shape index (κ1) is 14.6. The van der Waals surface area contributed by atoms with E-state index in [1.165, 1.54) is 16.8 Å². The van der Waals surface area contributed by atoms with E-state index in [0.29, 0.717) is 18.3 Å². The fraction of sp³-hybridized carbons (Fsp3) is 0.438. The van der Waals surface area contributed by atoms with Gasteiger partial charge in [0.1, 0.15) is 0 Å². The molecule has 0 bridgehead atoms. The lowest BCUT2D eigenvalue weighted by Gasteiger charge is -2.31. The Kier molecular flexibility index (Phi) is 3.83. The number of benzene rings is 1. The van der Waals surface area contributed by atoms with E-state index >= 15 is 0 Å². The van der Waals surface area contributed by atoms with Gasteiger partial charge in [-0.1, -0.05) is 17.7 Å². The van der Waals surface area contributed by atoms with Gasteiger partial charge in [-0.3, -0.25) is 0 Å². The second kappa shape index (κ2) is 5.79. The normalized spacial score (nSPS) is 13.9. The van der Waals surface area contributed by atoms with Crippen molar-refractivity contribution in [2.45, 2.75) is 26.3 Å². The molecule has 0 saturated heterocycles. The summed E-state index contributed by atoms with van der Waals surface area (Å²) in [6, 6.07) is 6.62. The maximum Gasteiger partial charge on any atom is 0.229 e. The number of hydrogen-bond donors (Lipinski definition) is 1. The standard InChI is InChI=1S/C16H22N6/c1-11-6-7-13-12(9-11)5-4-8-22(13)10-14-18-15(17)20-16(19-14)21(2)3/h6-7,9H,4-5,8,10H2,1-3H3,(H2,17,18,19,20). The molecule has 6 nitrogen and oxygen atoms in total. The number of anilines is 3. The van der Waals surface area contributed by atoms with E-state index in [0.717, 1.165) is 19.4 Å². The van der Waals surface area contributed by atoms with Crippen molar-refractivity contribution in [3.63, 3.8) is 0 Å². The zero-order chi connectivity index (χ0) is 15.7. The van der Waals surface area contributed by atoms with Crippen molar-refractivity contribution in [3.8, 4) is 0 Å². The van der Waals surface area contributed by atoms with Gasteiger partial charge in [-0.15, -0.1) is 0 Å². The smallest absolute Gasteiger partial charge is 0.229 e. The van der Waals surface area contributed by atoms with Crippen molar-refractivity contribution in [2.75, 3.05) is 36.2 Å². The first-order valence-electron chi connectivity index (χ1n) is 7.55. The highest BCUT2D eigenvalue weighted by Gasteiger charge is 2.18. The summed E-state index contributed by atoms with van der Waals surface area (Å²) in [5.41, 5.74) is 9.80. The van der Waals surface area contributed by atoms with Crippen LogP contribution in [0.4, 0.5) is 17.6 Å². The van der Waals surface area contributed by atoms with Crippen molar-refractivity contribution in [1.82, 2.24) is 15.0 Å². The average molecular weight is 298 g/mol. The summed E-state index contributed by atoms with van der Waals surface area (Å²) < 4.78 is 0. The van der Waals surface area contributed by atoms with Gasteiger partial charge in [0, 0.05) is 26.3 Å². The molecule has 1 aliphatic heterocycles. The van der Waals surface area contributed by atoms with Gasteiger partial charge in [0.2, 0.25) is 11.9 Å². The topological polar surface area (TPSA) is 71.2 Å². The van der Waals surface area contributed by atoms with Gasteiger partial charge in [-0.2, -0.15) is 15.0 Å². The number of fused-ring (bicyclic) bond motifs is 1. The Morgan fingerprint density at radius 3 is 2.82 bits per heavy atom. The van der Waals surface area contributed by atoms with Crippen molar-refractivity contribution >= 4 is 17.6 Å². The summed E-state index contributed by atoms with van der Waals surface area (Å²) in [7, 11) is 3.80. The zero-order valence-corrected chi connectivity index (χ0v) is 13.4. The van der Waals surface area contributed by atoms with Gasteiger partial charge in [0.05, 0.1) is 6.54 Å². The van der Waals surface area contributed by atoms with Crippen LogP contribution in [0.2, 0.25) is 0 Å². The summed E-state index contributed by atoms with van der Waals surface area (Å²) in [5, 5.41) is 0. The first-order chi connectivity index (χ1) is 10.5. The molecule has 2 heterocycles. The van der Waals surface area contributed by atoms with Crippen LogP contribution in [0.1, 0.15) is 23.4 Å². The van der Waals surface area contributed by atoms with E-state index in [-0.39, 0.29) is 5.95 Å². The van der Waals surface area contributed by atoms with Crippen LogP contribution in [0, 0.1) is 6.92 Å². The van der Waals surface area contributed by atoms with Gasteiger partial charge in [-0.25, -0.2) is 0 Å². The molecule has 2 aromatic rings. The minimum atomic E-state index is 0.273. The number of nitrogens with zero attached hydrogens (tertiary/aromatic N) is 5. The van der Waals surface area contributed by atoms with Crippen molar-refractivity contribution in [2.24, 2.45) is 0 Å². The lowest BCUT2D eigenvalue weighted by Crippen LogP contribution is -2.30. The molecule has 22 heavy (non-hydrogen) atoms. The van der Waals surface area contributed by atoms with Crippen molar-refractivity contribution < 1.29 is 0 Å². The molecule has 116 valence electrons. The Morgan fingerprint density at radius 1 is 1.23 bits per heavy atom. The highest BCUT2D eigenvalue weighted by Crippen LogP contribution is 2.28. The van der Waals surface area contributed by atoms with Gasteiger partial charge in [-0.05, 0) is 31.4 Å². The minimum absolute atomic E-state index is 0.273. The van der Waals surface area contributed by atoms with E-state index in [9.17, 15) is 0 Å². The molecular formula is C16H22N6. The Balaban J connectivity index is 1.89. The van der Waals surface area contributed by atoms with Gasteiger partial charge < -0.3 is 15.5 Å². The van der Waals surface area contributed by atoms with Crippen LogP contribution >= 0.6 is 0 Å².